The normalized spacial score (nSPS) is 31.2. The first-order valence-electron chi connectivity index (χ1n) is 5.68. The van der Waals surface area contributed by atoms with Crippen molar-refractivity contribution < 1.29 is 19.7 Å². The van der Waals surface area contributed by atoms with Crippen molar-refractivity contribution in [3.8, 4) is 0 Å². The summed E-state index contributed by atoms with van der Waals surface area (Å²) in [7, 11) is 0. The molecule has 0 spiro atoms. The number of fused-ring (bicyclic) bond motifs is 1. The number of anilines is 1. The first kappa shape index (κ1) is 12.2. The Morgan fingerprint density at radius 2 is 2.00 bits per heavy atom. The van der Waals surface area contributed by atoms with E-state index in [9.17, 15) is 19.7 Å². The highest BCUT2D eigenvalue weighted by atomic mass is 19.1. The van der Waals surface area contributed by atoms with Gasteiger partial charge in [0, 0.05) is 0 Å². The summed E-state index contributed by atoms with van der Waals surface area (Å²) in [6, 6.07) is -0.857. The quantitative estimate of drug-likeness (QED) is 0.467. The topological polar surface area (TPSA) is 130 Å². The zero-order valence-electron chi connectivity index (χ0n) is 9.68. The number of nitrogens with two attached hydrogens (primary N) is 1. The minimum atomic E-state index is -1.33. The Hall–Kier alpha value is -1.84. The van der Waals surface area contributed by atoms with Crippen molar-refractivity contribution in [2.24, 2.45) is 0 Å². The smallest absolute Gasteiger partial charge is 0.291 e. The van der Waals surface area contributed by atoms with Crippen molar-refractivity contribution in [1.29, 1.82) is 0 Å². The Bertz CT molecular complexity index is 633. The van der Waals surface area contributed by atoms with Gasteiger partial charge < -0.3 is 21.1 Å². The standard InChI is InChI=1S/C10H12FN5O3/c11-10-15-5-8(12)13-2-14-9(5)16(10)3-1-4(17)7(19)6(3)18/h2-4,6-7,17-19H,1H2,(H2,12,13,14)/t3-,4+,6+,7-/m1/s1. The van der Waals surface area contributed by atoms with E-state index in [1.807, 2.05) is 0 Å². The van der Waals surface area contributed by atoms with Gasteiger partial charge in [0.2, 0.25) is 0 Å². The van der Waals surface area contributed by atoms with E-state index in [2.05, 4.69) is 15.0 Å². The van der Waals surface area contributed by atoms with E-state index < -0.39 is 30.4 Å². The molecule has 0 amide bonds. The Balaban J connectivity index is 2.16. The molecule has 1 aliphatic rings. The summed E-state index contributed by atoms with van der Waals surface area (Å²) in [5.41, 5.74) is 5.78. The summed E-state index contributed by atoms with van der Waals surface area (Å²) in [6.45, 7) is 0. The summed E-state index contributed by atoms with van der Waals surface area (Å²) >= 11 is 0. The molecule has 2 heterocycles. The Morgan fingerprint density at radius 1 is 1.26 bits per heavy atom. The van der Waals surface area contributed by atoms with E-state index in [4.69, 9.17) is 5.73 Å². The van der Waals surface area contributed by atoms with Crippen molar-refractivity contribution in [2.45, 2.75) is 30.8 Å². The molecule has 1 aliphatic carbocycles. The molecular weight excluding hydrogens is 257 g/mol. The Labute approximate surface area is 106 Å². The molecule has 0 unspecified atom stereocenters. The second-order valence-corrected chi connectivity index (χ2v) is 4.53. The molecule has 8 nitrogen and oxygen atoms in total. The van der Waals surface area contributed by atoms with Gasteiger partial charge in [-0.1, -0.05) is 0 Å². The van der Waals surface area contributed by atoms with Gasteiger partial charge in [-0.3, -0.25) is 4.57 Å². The van der Waals surface area contributed by atoms with Gasteiger partial charge in [0.25, 0.3) is 6.08 Å². The molecule has 2 aromatic heterocycles. The van der Waals surface area contributed by atoms with Gasteiger partial charge in [0.05, 0.1) is 12.1 Å². The number of nitrogens with zero attached hydrogens (tertiary/aromatic N) is 4. The lowest BCUT2D eigenvalue weighted by molar-refractivity contribution is -0.0251. The van der Waals surface area contributed by atoms with E-state index in [-0.39, 0.29) is 23.4 Å². The average molecular weight is 269 g/mol. The minimum absolute atomic E-state index is 0.00534. The number of aliphatic hydroxyl groups excluding tert-OH is 3. The monoisotopic (exact) mass is 269 g/mol. The van der Waals surface area contributed by atoms with E-state index in [1.54, 1.807) is 0 Å². The van der Waals surface area contributed by atoms with Crippen molar-refractivity contribution in [2.75, 3.05) is 5.73 Å². The third-order valence-corrected chi connectivity index (χ3v) is 3.42. The first-order chi connectivity index (χ1) is 9.00. The zero-order chi connectivity index (χ0) is 13.7. The highest BCUT2D eigenvalue weighted by Crippen LogP contribution is 2.34. The van der Waals surface area contributed by atoms with E-state index in [1.165, 1.54) is 0 Å². The molecule has 0 radical (unpaired) electrons. The molecule has 0 aliphatic heterocycles. The third kappa shape index (κ3) is 1.66. The van der Waals surface area contributed by atoms with Crippen LogP contribution in [0.3, 0.4) is 0 Å². The second-order valence-electron chi connectivity index (χ2n) is 4.53. The van der Waals surface area contributed by atoms with Crippen LogP contribution in [-0.4, -0.2) is 53.2 Å². The fraction of sp³-hybridized carbons (Fsp3) is 0.500. The maximum absolute atomic E-state index is 13.9. The Morgan fingerprint density at radius 3 is 2.63 bits per heavy atom. The highest BCUT2D eigenvalue weighted by molar-refractivity contribution is 5.81. The maximum atomic E-state index is 13.9. The predicted octanol–water partition coefficient (Wildman–Crippen LogP) is -1.42. The van der Waals surface area contributed by atoms with Crippen LogP contribution in [0.15, 0.2) is 6.33 Å². The summed E-state index contributed by atoms with van der Waals surface area (Å²) in [5, 5.41) is 28.9. The van der Waals surface area contributed by atoms with Crippen molar-refractivity contribution in [1.82, 2.24) is 19.5 Å². The van der Waals surface area contributed by atoms with Crippen molar-refractivity contribution >= 4 is 17.0 Å². The summed E-state index contributed by atoms with van der Waals surface area (Å²) in [6.07, 6.45) is -3.51. The molecule has 1 fully saturated rings. The SMILES string of the molecule is Nc1ncnc2c1nc(F)n2[C@@H]1C[C@H](O)[C@@H](O)[C@H]1O. The van der Waals surface area contributed by atoms with Crippen LogP contribution < -0.4 is 5.73 Å². The van der Waals surface area contributed by atoms with Gasteiger partial charge in [0.1, 0.15) is 18.5 Å². The van der Waals surface area contributed by atoms with Crippen molar-refractivity contribution in [3.05, 3.63) is 12.4 Å². The molecule has 3 rings (SSSR count). The average Bonchev–Trinajstić information content (AvgIpc) is 2.83. The van der Waals surface area contributed by atoms with E-state index in [0.717, 1.165) is 10.9 Å². The number of halogens is 1. The number of rotatable bonds is 1. The Kier molecular flexibility index (Phi) is 2.62. The molecule has 1 saturated carbocycles. The number of hydrogen-bond donors (Lipinski definition) is 4. The molecule has 4 atom stereocenters. The zero-order valence-corrected chi connectivity index (χ0v) is 9.68. The lowest BCUT2D eigenvalue weighted by Crippen LogP contribution is -2.31. The van der Waals surface area contributed by atoms with Gasteiger partial charge in [-0.25, -0.2) is 9.97 Å². The van der Waals surface area contributed by atoms with E-state index >= 15 is 0 Å². The third-order valence-electron chi connectivity index (χ3n) is 3.42. The number of aromatic nitrogens is 4. The predicted molar refractivity (Wildman–Crippen MR) is 61.4 cm³/mol. The number of aliphatic hydroxyl groups is 3. The van der Waals surface area contributed by atoms with Gasteiger partial charge in [-0.15, -0.1) is 0 Å². The summed E-state index contributed by atoms with van der Waals surface area (Å²) < 4.78 is 14.9. The summed E-state index contributed by atoms with van der Waals surface area (Å²) in [4.78, 5) is 11.2. The summed E-state index contributed by atoms with van der Waals surface area (Å²) in [5.74, 6) is 0.0243. The van der Waals surface area contributed by atoms with Crippen LogP contribution >= 0.6 is 0 Å². The van der Waals surface area contributed by atoms with Gasteiger partial charge in [-0.05, 0) is 6.42 Å². The molecule has 0 bridgehead atoms. The van der Waals surface area contributed by atoms with Crippen LogP contribution in [0, 0.1) is 6.08 Å². The largest absolute Gasteiger partial charge is 0.390 e. The van der Waals surface area contributed by atoms with E-state index in [0.29, 0.717) is 0 Å². The number of hydrogen-bond acceptors (Lipinski definition) is 7. The van der Waals surface area contributed by atoms with Crippen LogP contribution in [0.1, 0.15) is 12.5 Å². The van der Waals surface area contributed by atoms with Crippen LogP contribution in [0.25, 0.3) is 11.2 Å². The molecule has 102 valence electrons. The molecule has 9 heteroatoms. The fourth-order valence-electron chi connectivity index (χ4n) is 2.43. The van der Waals surface area contributed by atoms with Crippen LogP contribution in [0.2, 0.25) is 0 Å². The fourth-order valence-corrected chi connectivity index (χ4v) is 2.43. The molecule has 2 aromatic rings. The highest BCUT2D eigenvalue weighted by Gasteiger charge is 2.43. The van der Waals surface area contributed by atoms with Crippen LogP contribution in [0.5, 0.6) is 0 Å². The van der Waals surface area contributed by atoms with Crippen molar-refractivity contribution in [3.63, 3.8) is 0 Å². The maximum Gasteiger partial charge on any atom is 0.291 e. The van der Waals surface area contributed by atoms with Crippen LogP contribution in [0.4, 0.5) is 10.2 Å². The number of imidazole rings is 1. The lowest BCUT2D eigenvalue weighted by atomic mass is 10.2. The number of nitrogen functional groups attached to an aromatic ring is 1. The second kappa shape index (κ2) is 4.08. The molecule has 5 N–H and O–H groups in total. The molecule has 0 aromatic carbocycles. The van der Waals surface area contributed by atoms with Gasteiger partial charge >= 0.3 is 0 Å². The molecular formula is C10H12FN5O3. The van der Waals surface area contributed by atoms with Gasteiger partial charge in [0.15, 0.2) is 17.0 Å². The molecule has 19 heavy (non-hydrogen) atoms. The first-order valence-corrected chi connectivity index (χ1v) is 5.68. The van der Waals surface area contributed by atoms with Gasteiger partial charge in [-0.2, -0.15) is 9.37 Å². The van der Waals surface area contributed by atoms with Crippen LogP contribution in [-0.2, 0) is 0 Å². The minimum Gasteiger partial charge on any atom is -0.390 e. The molecule has 0 saturated heterocycles. The lowest BCUT2D eigenvalue weighted by Gasteiger charge is -2.17.